The van der Waals surface area contributed by atoms with E-state index in [9.17, 15) is 4.79 Å². The molecule has 128 valence electrons. The van der Waals surface area contributed by atoms with E-state index in [1.165, 1.54) is 6.20 Å². The van der Waals surface area contributed by atoms with Crippen molar-refractivity contribution in [3.05, 3.63) is 57.9 Å². The predicted molar refractivity (Wildman–Crippen MR) is 95.6 cm³/mol. The Labute approximate surface area is 149 Å². The number of rotatable bonds is 3. The predicted octanol–water partition coefficient (Wildman–Crippen LogP) is 2.72. The summed E-state index contributed by atoms with van der Waals surface area (Å²) in [6, 6.07) is 7.36. The number of pyridine rings is 1. The highest BCUT2D eigenvalue weighted by Gasteiger charge is 2.19. The van der Waals surface area contributed by atoms with E-state index in [0.717, 1.165) is 5.56 Å². The van der Waals surface area contributed by atoms with Gasteiger partial charge in [-0.3, -0.25) is 4.68 Å². The minimum Gasteiger partial charge on any atom is -0.380 e. The van der Waals surface area contributed by atoms with Crippen LogP contribution in [-0.4, -0.2) is 26.6 Å². The Balaban J connectivity index is 1.87. The Hall–Kier alpha value is -2.93. The Kier molecular flexibility index (Phi) is 4.41. The van der Waals surface area contributed by atoms with Crippen molar-refractivity contribution in [3.8, 4) is 0 Å². The molecule has 0 saturated carbocycles. The van der Waals surface area contributed by atoms with Crippen LogP contribution in [0.4, 0.5) is 0 Å². The molecule has 3 aromatic rings. The van der Waals surface area contributed by atoms with Crippen LogP contribution in [0.25, 0.3) is 11.0 Å². The van der Waals surface area contributed by atoms with Gasteiger partial charge in [0.1, 0.15) is 0 Å². The summed E-state index contributed by atoms with van der Waals surface area (Å²) in [6.45, 7) is 3.75. The number of carbonyl (C=O) groups is 1. The molecule has 0 aliphatic heterocycles. The first-order valence-electron chi connectivity index (χ1n) is 7.48. The molecule has 0 unspecified atom stereocenters. The van der Waals surface area contributed by atoms with Crippen LogP contribution in [0.1, 0.15) is 27.2 Å². The normalized spacial score (nSPS) is 11.8. The lowest BCUT2D eigenvalue weighted by atomic mass is 10.1. The Morgan fingerprint density at radius 2 is 1.96 bits per heavy atom. The summed E-state index contributed by atoms with van der Waals surface area (Å²) >= 11 is 6.33. The summed E-state index contributed by atoms with van der Waals surface area (Å²) < 4.78 is 1.60. The first kappa shape index (κ1) is 16.9. The second-order valence-electron chi connectivity index (χ2n) is 5.61. The molecule has 0 spiro atoms. The van der Waals surface area contributed by atoms with Gasteiger partial charge in [0.15, 0.2) is 11.5 Å². The maximum Gasteiger partial charge on any atom is 0.368 e. The number of fused-ring (bicyclic) bond motifs is 1. The molecular formula is C17H16ClN5O2. The van der Waals surface area contributed by atoms with Crippen molar-refractivity contribution in [1.29, 1.82) is 0 Å². The summed E-state index contributed by atoms with van der Waals surface area (Å²) in [4.78, 5) is 21.4. The molecule has 2 aromatic heterocycles. The lowest BCUT2D eigenvalue weighted by Gasteiger charge is -2.04. The first-order chi connectivity index (χ1) is 11.9. The summed E-state index contributed by atoms with van der Waals surface area (Å²) in [5, 5.41) is 8.76. The molecule has 0 amide bonds. The number of oxime groups is 1. The van der Waals surface area contributed by atoms with Crippen LogP contribution in [0, 0.1) is 13.8 Å². The Morgan fingerprint density at radius 3 is 2.64 bits per heavy atom. The fraction of sp³-hybridized carbons (Fsp3) is 0.176. The van der Waals surface area contributed by atoms with Gasteiger partial charge in [-0.1, -0.05) is 46.6 Å². The van der Waals surface area contributed by atoms with Crippen molar-refractivity contribution in [2.24, 2.45) is 17.9 Å². The molecule has 25 heavy (non-hydrogen) atoms. The van der Waals surface area contributed by atoms with Crippen LogP contribution in [0.2, 0.25) is 5.02 Å². The molecule has 1 aromatic carbocycles. The minimum atomic E-state index is -0.738. The summed E-state index contributed by atoms with van der Waals surface area (Å²) in [7, 11) is 1.75. The van der Waals surface area contributed by atoms with Gasteiger partial charge in [-0.25, -0.2) is 9.78 Å². The molecule has 0 aliphatic carbocycles. The number of hydrogen-bond acceptors (Lipinski definition) is 5. The van der Waals surface area contributed by atoms with Gasteiger partial charge < -0.3 is 10.6 Å². The topological polar surface area (TPSA) is 95.4 Å². The monoisotopic (exact) mass is 357 g/mol. The molecule has 0 aliphatic rings. The molecule has 7 nitrogen and oxygen atoms in total. The average Bonchev–Trinajstić information content (AvgIpc) is 2.88. The standard InChI is InChI=1S/C17H16ClN5O2/c1-9-4-6-11(7-5-9)15(19)22-25-17(24)12-8-20-16-13(14(12)18)10(2)21-23(16)3/h4-8H,1-3H3,(H2,19,22). The zero-order valence-electron chi connectivity index (χ0n) is 13.9. The minimum absolute atomic E-state index is 0.0936. The zero-order valence-corrected chi connectivity index (χ0v) is 14.7. The van der Waals surface area contributed by atoms with Crippen molar-refractivity contribution < 1.29 is 9.63 Å². The lowest BCUT2D eigenvalue weighted by Crippen LogP contribution is -2.15. The van der Waals surface area contributed by atoms with Crippen LogP contribution < -0.4 is 5.73 Å². The van der Waals surface area contributed by atoms with E-state index in [4.69, 9.17) is 22.2 Å². The Morgan fingerprint density at radius 1 is 1.28 bits per heavy atom. The first-order valence-corrected chi connectivity index (χ1v) is 7.86. The highest BCUT2D eigenvalue weighted by molar-refractivity contribution is 6.38. The van der Waals surface area contributed by atoms with Crippen molar-refractivity contribution in [2.45, 2.75) is 13.8 Å². The SMILES string of the molecule is Cc1ccc(/C(N)=N\OC(=O)c2cnc3c(c(C)nn3C)c2Cl)cc1. The van der Waals surface area contributed by atoms with Gasteiger partial charge in [0.2, 0.25) is 0 Å². The Bertz CT molecular complexity index is 992. The summed E-state index contributed by atoms with van der Waals surface area (Å²) in [6.07, 6.45) is 1.34. The average molecular weight is 358 g/mol. The second-order valence-corrected chi connectivity index (χ2v) is 5.99. The molecule has 2 heterocycles. The zero-order chi connectivity index (χ0) is 18.1. The highest BCUT2D eigenvalue weighted by Crippen LogP contribution is 2.28. The second kappa shape index (κ2) is 6.52. The van der Waals surface area contributed by atoms with Gasteiger partial charge in [-0.15, -0.1) is 0 Å². The number of carbonyl (C=O) groups excluding carboxylic acids is 1. The van der Waals surface area contributed by atoms with E-state index in [0.29, 0.717) is 22.3 Å². The number of aryl methyl sites for hydroxylation is 3. The molecule has 0 radical (unpaired) electrons. The molecule has 0 bridgehead atoms. The van der Waals surface area contributed by atoms with Crippen molar-refractivity contribution in [2.75, 3.05) is 0 Å². The molecule has 0 fully saturated rings. The third-order valence-electron chi connectivity index (χ3n) is 3.76. The van der Waals surface area contributed by atoms with Crippen LogP contribution in [0.5, 0.6) is 0 Å². The van der Waals surface area contributed by atoms with Crippen LogP contribution in [-0.2, 0) is 11.9 Å². The van der Waals surface area contributed by atoms with Gasteiger partial charge in [-0.05, 0) is 13.8 Å². The maximum absolute atomic E-state index is 12.3. The van der Waals surface area contributed by atoms with Crippen molar-refractivity contribution >= 4 is 34.4 Å². The largest absolute Gasteiger partial charge is 0.380 e. The number of amidine groups is 1. The van der Waals surface area contributed by atoms with E-state index in [-0.39, 0.29) is 16.4 Å². The summed E-state index contributed by atoms with van der Waals surface area (Å²) in [5.74, 6) is -0.645. The van der Waals surface area contributed by atoms with Crippen LogP contribution in [0.15, 0.2) is 35.6 Å². The molecule has 3 rings (SSSR count). The van der Waals surface area contributed by atoms with Crippen molar-refractivity contribution in [1.82, 2.24) is 14.8 Å². The quantitative estimate of drug-likeness (QED) is 0.336. The fourth-order valence-electron chi connectivity index (χ4n) is 2.43. The smallest absolute Gasteiger partial charge is 0.368 e. The maximum atomic E-state index is 12.3. The van der Waals surface area contributed by atoms with Gasteiger partial charge >= 0.3 is 5.97 Å². The van der Waals surface area contributed by atoms with E-state index in [1.807, 2.05) is 19.1 Å². The van der Waals surface area contributed by atoms with Crippen molar-refractivity contribution in [3.63, 3.8) is 0 Å². The number of hydrogen-bond donors (Lipinski definition) is 1. The lowest BCUT2D eigenvalue weighted by molar-refractivity contribution is 0.0516. The van der Waals surface area contributed by atoms with E-state index >= 15 is 0 Å². The van der Waals surface area contributed by atoms with Gasteiger partial charge in [0.25, 0.3) is 0 Å². The molecule has 8 heteroatoms. The number of nitrogens with two attached hydrogens (primary N) is 1. The van der Waals surface area contributed by atoms with E-state index < -0.39 is 5.97 Å². The van der Waals surface area contributed by atoms with E-state index in [2.05, 4.69) is 15.2 Å². The number of nitrogens with zero attached hydrogens (tertiary/aromatic N) is 4. The number of halogens is 1. The van der Waals surface area contributed by atoms with E-state index in [1.54, 1.807) is 30.8 Å². The summed E-state index contributed by atoms with van der Waals surface area (Å²) in [5.41, 5.74) is 8.94. The number of aromatic nitrogens is 3. The highest BCUT2D eigenvalue weighted by atomic mass is 35.5. The number of benzene rings is 1. The third kappa shape index (κ3) is 3.18. The van der Waals surface area contributed by atoms with Crippen LogP contribution >= 0.6 is 11.6 Å². The molecule has 2 N–H and O–H groups in total. The van der Waals surface area contributed by atoms with Gasteiger partial charge in [-0.2, -0.15) is 5.10 Å². The molecule has 0 atom stereocenters. The van der Waals surface area contributed by atoms with Gasteiger partial charge in [0, 0.05) is 18.8 Å². The van der Waals surface area contributed by atoms with Crippen LogP contribution in [0.3, 0.4) is 0 Å². The third-order valence-corrected chi connectivity index (χ3v) is 4.15. The van der Waals surface area contributed by atoms with Gasteiger partial charge in [0.05, 0.1) is 21.7 Å². The molecular weight excluding hydrogens is 342 g/mol. The fourth-order valence-corrected chi connectivity index (χ4v) is 2.77. The molecule has 0 saturated heterocycles.